The minimum absolute atomic E-state index is 0.132. The van der Waals surface area contributed by atoms with Gasteiger partial charge in [0, 0.05) is 18.7 Å². The van der Waals surface area contributed by atoms with Crippen LogP contribution in [0.2, 0.25) is 0 Å². The maximum Gasteiger partial charge on any atom is 0.289 e. The standard InChI is InChI=1S/C15H14N2O4S/c18-17(19)14-8-4-5-9-15(14)22(20,21)16-11-13(16)10-12-6-2-1-3-7-12/h1-9,13H,10-11H2/t13-,16?/m1/s1. The minimum Gasteiger partial charge on any atom is -0.258 e. The third-order valence-corrected chi connectivity index (χ3v) is 5.59. The molecule has 1 saturated heterocycles. The molecule has 0 N–H and O–H groups in total. The summed E-state index contributed by atoms with van der Waals surface area (Å²) in [5.41, 5.74) is 0.667. The fourth-order valence-electron chi connectivity index (χ4n) is 2.46. The van der Waals surface area contributed by atoms with Gasteiger partial charge in [-0.2, -0.15) is 4.31 Å². The molecule has 114 valence electrons. The summed E-state index contributed by atoms with van der Waals surface area (Å²) >= 11 is 0. The average molecular weight is 318 g/mol. The van der Waals surface area contributed by atoms with Gasteiger partial charge < -0.3 is 0 Å². The molecule has 2 aromatic carbocycles. The predicted octanol–water partition coefficient (Wildman–Crippen LogP) is 2.21. The fourth-order valence-corrected chi connectivity index (χ4v) is 4.21. The molecule has 1 fully saturated rings. The lowest BCUT2D eigenvalue weighted by Gasteiger charge is -2.07. The molecule has 2 aromatic rings. The number of rotatable bonds is 5. The van der Waals surface area contributed by atoms with Gasteiger partial charge in [0.05, 0.1) is 4.92 Å². The number of benzene rings is 2. The third-order valence-electron chi connectivity index (χ3n) is 3.63. The zero-order chi connectivity index (χ0) is 15.7. The van der Waals surface area contributed by atoms with Crippen molar-refractivity contribution in [2.45, 2.75) is 17.4 Å². The van der Waals surface area contributed by atoms with Gasteiger partial charge in [-0.3, -0.25) is 10.1 Å². The molecule has 0 spiro atoms. The van der Waals surface area contributed by atoms with Crippen LogP contribution in [0.25, 0.3) is 0 Å². The molecule has 6 nitrogen and oxygen atoms in total. The Morgan fingerprint density at radius 1 is 1.09 bits per heavy atom. The van der Waals surface area contributed by atoms with Crippen molar-refractivity contribution in [1.29, 1.82) is 0 Å². The van der Waals surface area contributed by atoms with Crippen molar-refractivity contribution in [3.63, 3.8) is 0 Å². The Kier molecular flexibility index (Phi) is 3.67. The molecule has 0 aliphatic carbocycles. The zero-order valence-electron chi connectivity index (χ0n) is 11.6. The van der Waals surface area contributed by atoms with E-state index in [0.717, 1.165) is 5.56 Å². The van der Waals surface area contributed by atoms with Gasteiger partial charge in [0.2, 0.25) is 10.0 Å². The highest BCUT2D eigenvalue weighted by Gasteiger charge is 2.46. The van der Waals surface area contributed by atoms with E-state index in [1.165, 1.54) is 28.6 Å². The largest absolute Gasteiger partial charge is 0.289 e. The summed E-state index contributed by atoms with van der Waals surface area (Å²) in [6, 6.07) is 14.9. The molecule has 0 amide bonds. The van der Waals surface area contributed by atoms with E-state index < -0.39 is 14.9 Å². The van der Waals surface area contributed by atoms with Gasteiger partial charge in [0.1, 0.15) is 0 Å². The molecule has 2 atom stereocenters. The first-order valence-corrected chi connectivity index (χ1v) is 8.23. The van der Waals surface area contributed by atoms with Crippen LogP contribution < -0.4 is 0 Å². The summed E-state index contributed by atoms with van der Waals surface area (Å²) in [5, 5.41) is 11.0. The van der Waals surface area contributed by atoms with Crippen LogP contribution in [0, 0.1) is 10.1 Å². The molecule has 0 radical (unpaired) electrons. The summed E-state index contributed by atoms with van der Waals surface area (Å²) in [4.78, 5) is 10.1. The second-order valence-corrected chi connectivity index (χ2v) is 7.00. The van der Waals surface area contributed by atoms with Gasteiger partial charge in [-0.25, -0.2) is 8.42 Å². The number of para-hydroxylation sites is 1. The van der Waals surface area contributed by atoms with Crippen molar-refractivity contribution in [2.24, 2.45) is 0 Å². The number of nitro benzene ring substituents is 1. The normalized spacial score (nSPS) is 20.5. The van der Waals surface area contributed by atoms with Crippen molar-refractivity contribution < 1.29 is 13.3 Å². The van der Waals surface area contributed by atoms with Crippen LogP contribution in [0.4, 0.5) is 5.69 Å². The quantitative estimate of drug-likeness (QED) is 0.481. The molecule has 3 rings (SSSR count). The lowest BCUT2D eigenvalue weighted by atomic mass is 10.1. The van der Waals surface area contributed by atoms with E-state index in [1.807, 2.05) is 30.3 Å². The molecular weight excluding hydrogens is 304 g/mol. The van der Waals surface area contributed by atoms with Gasteiger partial charge in [0.15, 0.2) is 4.90 Å². The Labute approximate surface area is 128 Å². The topological polar surface area (TPSA) is 80.3 Å². The van der Waals surface area contributed by atoms with E-state index in [-0.39, 0.29) is 16.6 Å². The molecular formula is C15H14N2O4S. The number of hydrogen-bond acceptors (Lipinski definition) is 4. The lowest BCUT2D eigenvalue weighted by Crippen LogP contribution is -2.17. The average Bonchev–Trinajstić information content (AvgIpc) is 3.28. The Morgan fingerprint density at radius 3 is 2.41 bits per heavy atom. The number of sulfonamides is 1. The van der Waals surface area contributed by atoms with E-state index >= 15 is 0 Å². The van der Waals surface area contributed by atoms with Gasteiger partial charge in [-0.05, 0) is 18.1 Å². The summed E-state index contributed by atoms with van der Waals surface area (Å²) < 4.78 is 26.4. The first-order chi connectivity index (χ1) is 10.5. The second kappa shape index (κ2) is 5.51. The van der Waals surface area contributed by atoms with Crippen LogP contribution in [-0.2, 0) is 16.4 Å². The molecule has 1 unspecified atom stereocenters. The van der Waals surface area contributed by atoms with Gasteiger partial charge >= 0.3 is 0 Å². The summed E-state index contributed by atoms with van der Waals surface area (Å²) in [6.07, 6.45) is 0.612. The molecule has 1 heterocycles. The molecule has 0 saturated carbocycles. The van der Waals surface area contributed by atoms with Crippen LogP contribution in [0.15, 0.2) is 59.5 Å². The number of nitro groups is 1. The van der Waals surface area contributed by atoms with Crippen molar-refractivity contribution in [2.75, 3.05) is 6.54 Å². The zero-order valence-corrected chi connectivity index (χ0v) is 12.4. The van der Waals surface area contributed by atoms with E-state index in [9.17, 15) is 18.5 Å². The second-order valence-electron chi connectivity index (χ2n) is 5.14. The maximum absolute atomic E-state index is 12.5. The van der Waals surface area contributed by atoms with E-state index in [1.54, 1.807) is 0 Å². The Bertz CT molecular complexity index is 805. The maximum atomic E-state index is 12.5. The Balaban J connectivity index is 1.83. The smallest absolute Gasteiger partial charge is 0.258 e. The Morgan fingerprint density at radius 2 is 1.73 bits per heavy atom. The highest BCUT2D eigenvalue weighted by atomic mass is 32.2. The highest BCUT2D eigenvalue weighted by molar-refractivity contribution is 7.89. The van der Waals surface area contributed by atoms with Crippen molar-refractivity contribution in [1.82, 2.24) is 4.31 Å². The molecule has 1 aliphatic heterocycles. The van der Waals surface area contributed by atoms with Crippen LogP contribution >= 0.6 is 0 Å². The highest BCUT2D eigenvalue weighted by Crippen LogP contribution is 2.34. The van der Waals surface area contributed by atoms with Crippen LogP contribution in [0.1, 0.15) is 5.56 Å². The van der Waals surface area contributed by atoms with E-state index in [4.69, 9.17) is 0 Å². The molecule has 0 bridgehead atoms. The van der Waals surface area contributed by atoms with Gasteiger partial charge in [-0.1, -0.05) is 42.5 Å². The molecule has 0 aromatic heterocycles. The minimum atomic E-state index is -3.82. The number of nitrogens with zero attached hydrogens (tertiary/aromatic N) is 2. The number of hydrogen-bond donors (Lipinski definition) is 0. The van der Waals surface area contributed by atoms with Crippen LogP contribution in [0.5, 0.6) is 0 Å². The van der Waals surface area contributed by atoms with Crippen LogP contribution in [-0.4, -0.2) is 30.2 Å². The SMILES string of the molecule is O=[N+]([O-])c1ccccc1S(=O)(=O)N1C[C@H]1Cc1ccccc1. The molecule has 7 heteroatoms. The first kappa shape index (κ1) is 14.7. The first-order valence-electron chi connectivity index (χ1n) is 6.79. The van der Waals surface area contributed by atoms with Crippen molar-refractivity contribution in [3.8, 4) is 0 Å². The third kappa shape index (κ3) is 2.72. The fraction of sp³-hybridized carbons (Fsp3) is 0.200. The van der Waals surface area contributed by atoms with Gasteiger partial charge in [0.25, 0.3) is 5.69 Å². The summed E-state index contributed by atoms with van der Waals surface area (Å²) in [6.45, 7) is 0.392. The van der Waals surface area contributed by atoms with Crippen molar-refractivity contribution in [3.05, 3.63) is 70.3 Å². The predicted molar refractivity (Wildman–Crippen MR) is 80.9 cm³/mol. The van der Waals surface area contributed by atoms with Crippen molar-refractivity contribution >= 4 is 15.7 Å². The van der Waals surface area contributed by atoms with E-state index in [0.29, 0.717) is 13.0 Å². The van der Waals surface area contributed by atoms with E-state index in [2.05, 4.69) is 0 Å². The van der Waals surface area contributed by atoms with Crippen LogP contribution in [0.3, 0.4) is 0 Å². The van der Waals surface area contributed by atoms with Gasteiger partial charge in [-0.15, -0.1) is 0 Å². The monoisotopic (exact) mass is 318 g/mol. The summed E-state index contributed by atoms with van der Waals surface area (Å²) in [5.74, 6) is 0. The lowest BCUT2D eigenvalue weighted by molar-refractivity contribution is -0.387. The molecule has 1 aliphatic rings. The Hall–Kier alpha value is -2.25. The molecule has 22 heavy (non-hydrogen) atoms. The summed E-state index contributed by atoms with van der Waals surface area (Å²) in [7, 11) is -3.82.